The molecule has 0 bridgehead atoms. The van der Waals surface area contributed by atoms with Crippen LogP contribution in [0, 0.1) is 0 Å². The Bertz CT molecular complexity index is 850. The number of anilines is 1. The van der Waals surface area contributed by atoms with Crippen molar-refractivity contribution in [2.75, 3.05) is 31.1 Å². The summed E-state index contributed by atoms with van der Waals surface area (Å²) in [5, 5.41) is 21.6. The van der Waals surface area contributed by atoms with E-state index in [0.29, 0.717) is 0 Å². The van der Waals surface area contributed by atoms with Crippen molar-refractivity contribution in [1.29, 1.82) is 0 Å². The number of fused-ring (bicyclic) bond motifs is 1. The summed E-state index contributed by atoms with van der Waals surface area (Å²) in [6.45, 7) is 6.04. The number of aryl methyl sites for hydroxylation is 1. The fraction of sp³-hybridized carbons (Fsp3) is 0.333. The van der Waals surface area contributed by atoms with Gasteiger partial charge in [0.2, 0.25) is 0 Å². The number of hydrogen-bond donors (Lipinski definition) is 3. The third kappa shape index (κ3) is 2.59. The molecule has 1 aliphatic heterocycles. The van der Waals surface area contributed by atoms with E-state index in [0.717, 1.165) is 60.6 Å². The van der Waals surface area contributed by atoms with Crippen LogP contribution < -0.4 is 10.2 Å². The molecular formula is C18H21N5O. The number of aromatic nitrogens is 3. The predicted octanol–water partition coefficient (Wildman–Crippen LogP) is 2.30. The number of phenolic OH excluding ortho intramolecular Hbond substituents is 1. The largest absolute Gasteiger partial charge is 0.508 e. The number of rotatable bonds is 3. The Hall–Kier alpha value is -2.60. The van der Waals surface area contributed by atoms with Gasteiger partial charge in [-0.25, -0.2) is 4.98 Å². The lowest BCUT2D eigenvalue weighted by Gasteiger charge is -2.30. The normalized spacial score (nSPS) is 15.1. The second-order valence-electron chi connectivity index (χ2n) is 6.06. The number of benzene rings is 1. The number of hydrogen-bond acceptors (Lipinski definition) is 5. The molecule has 24 heavy (non-hydrogen) atoms. The summed E-state index contributed by atoms with van der Waals surface area (Å²) in [7, 11) is 0. The molecule has 1 aliphatic rings. The molecule has 0 radical (unpaired) electrons. The molecule has 2 aromatic heterocycles. The van der Waals surface area contributed by atoms with Gasteiger partial charge in [0.15, 0.2) is 5.65 Å². The standard InChI is InChI=1S/C18H21N5O/c1-2-14-17-16(23-9-7-19-8-10-23)11-15(20-18(17)22-21-14)12-3-5-13(24)6-4-12/h3-6,11,19,24H,2,7-10H2,1H3,(H,20,21,22). The van der Waals surface area contributed by atoms with E-state index in [1.54, 1.807) is 12.1 Å². The van der Waals surface area contributed by atoms with E-state index >= 15 is 0 Å². The number of piperazine rings is 1. The Balaban J connectivity index is 1.88. The molecule has 0 spiro atoms. The molecular weight excluding hydrogens is 302 g/mol. The van der Waals surface area contributed by atoms with Gasteiger partial charge in [0.05, 0.1) is 16.8 Å². The number of aromatic amines is 1. The highest BCUT2D eigenvalue weighted by atomic mass is 16.3. The van der Waals surface area contributed by atoms with E-state index in [1.807, 2.05) is 12.1 Å². The van der Waals surface area contributed by atoms with Gasteiger partial charge in [0.1, 0.15) is 5.75 Å². The van der Waals surface area contributed by atoms with Gasteiger partial charge in [-0.2, -0.15) is 5.10 Å². The van der Waals surface area contributed by atoms with Crippen molar-refractivity contribution in [3.05, 3.63) is 36.0 Å². The summed E-state index contributed by atoms with van der Waals surface area (Å²) in [5.74, 6) is 0.259. The fourth-order valence-corrected chi connectivity index (χ4v) is 3.26. The van der Waals surface area contributed by atoms with Crippen molar-refractivity contribution in [2.45, 2.75) is 13.3 Å². The van der Waals surface area contributed by atoms with Gasteiger partial charge < -0.3 is 15.3 Å². The maximum atomic E-state index is 9.52. The average molecular weight is 323 g/mol. The Kier molecular flexibility index (Phi) is 3.82. The molecule has 4 rings (SSSR count). The molecule has 0 unspecified atom stereocenters. The number of H-pyrrole nitrogens is 1. The van der Waals surface area contributed by atoms with Crippen LogP contribution in [0.2, 0.25) is 0 Å². The Morgan fingerprint density at radius 1 is 1.17 bits per heavy atom. The summed E-state index contributed by atoms with van der Waals surface area (Å²) in [6, 6.07) is 9.30. The molecule has 1 saturated heterocycles. The van der Waals surface area contributed by atoms with E-state index in [-0.39, 0.29) is 5.75 Å². The molecule has 0 aliphatic carbocycles. The van der Waals surface area contributed by atoms with Crippen LogP contribution in [0.15, 0.2) is 30.3 Å². The third-order valence-corrected chi connectivity index (χ3v) is 4.55. The lowest BCUT2D eigenvalue weighted by Crippen LogP contribution is -2.43. The molecule has 1 aromatic carbocycles. The monoisotopic (exact) mass is 323 g/mol. The highest BCUT2D eigenvalue weighted by Gasteiger charge is 2.19. The van der Waals surface area contributed by atoms with E-state index in [4.69, 9.17) is 4.98 Å². The summed E-state index contributed by atoms with van der Waals surface area (Å²) < 4.78 is 0. The topological polar surface area (TPSA) is 77.1 Å². The molecule has 0 amide bonds. The summed E-state index contributed by atoms with van der Waals surface area (Å²) >= 11 is 0. The molecule has 6 heteroatoms. The summed E-state index contributed by atoms with van der Waals surface area (Å²) in [6.07, 6.45) is 0.899. The van der Waals surface area contributed by atoms with Crippen molar-refractivity contribution < 1.29 is 5.11 Å². The van der Waals surface area contributed by atoms with Crippen LogP contribution in [-0.2, 0) is 6.42 Å². The molecule has 124 valence electrons. The number of nitrogens with zero attached hydrogens (tertiary/aromatic N) is 3. The van der Waals surface area contributed by atoms with E-state index in [9.17, 15) is 5.11 Å². The molecule has 6 nitrogen and oxygen atoms in total. The number of phenols is 1. The number of aromatic hydroxyl groups is 1. The Labute approximate surface area is 140 Å². The first-order valence-electron chi connectivity index (χ1n) is 8.39. The SMILES string of the molecule is CCc1[nH]nc2nc(-c3ccc(O)cc3)cc(N3CCNCC3)c12. The molecule has 3 N–H and O–H groups in total. The predicted molar refractivity (Wildman–Crippen MR) is 95.5 cm³/mol. The Morgan fingerprint density at radius 2 is 1.92 bits per heavy atom. The van der Waals surface area contributed by atoms with Gasteiger partial charge >= 0.3 is 0 Å². The minimum atomic E-state index is 0.259. The van der Waals surface area contributed by atoms with Crippen LogP contribution >= 0.6 is 0 Å². The zero-order valence-corrected chi connectivity index (χ0v) is 13.7. The van der Waals surface area contributed by atoms with Crippen LogP contribution in [0.3, 0.4) is 0 Å². The van der Waals surface area contributed by atoms with Crippen LogP contribution in [0.5, 0.6) is 5.75 Å². The first kappa shape index (κ1) is 15.0. The summed E-state index contributed by atoms with van der Waals surface area (Å²) in [5.41, 5.74) is 4.93. The van der Waals surface area contributed by atoms with Crippen molar-refractivity contribution in [2.24, 2.45) is 0 Å². The lowest BCUT2D eigenvalue weighted by atomic mass is 10.1. The second-order valence-corrected chi connectivity index (χ2v) is 6.06. The van der Waals surface area contributed by atoms with Crippen molar-refractivity contribution in [3.63, 3.8) is 0 Å². The van der Waals surface area contributed by atoms with Crippen LogP contribution in [0.1, 0.15) is 12.6 Å². The number of nitrogens with one attached hydrogen (secondary N) is 2. The first-order chi connectivity index (χ1) is 11.8. The maximum Gasteiger partial charge on any atom is 0.183 e. The van der Waals surface area contributed by atoms with E-state index in [1.165, 1.54) is 5.69 Å². The first-order valence-corrected chi connectivity index (χ1v) is 8.39. The van der Waals surface area contributed by atoms with Gasteiger partial charge in [0.25, 0.3) is 0 Å². The van der Waals surface area contributed by atoms with Crippen LogP contribution in [-0.4, -0.2) is 46.5 Å². The van der Waals surface area contributed by atoms with Crippen molar-refractivity contribution >= 4 is 16.7 Å². The van der Waals surface area contributed by atoms with Crippen molar-refractivity contribution in [3.8, 4) is 17.0 Å². The molecule has 3 heterocycles. The fourth-order valence-electron chi connectivity index (χ4n) is 3.26. The van der Waals surface area contributed by atoms with Gasteiger partial charge in [-0.3, -0.25) is 5.10 Å². The van der Waals surface area contributed by atoms with Crippen LogP contribution in [0.25, 0.3) is 22.3 Å². The lowest BCUT2D eigenvalue weighted by molar-refractivity contribution is 0.475. The van der Waals surface area contributed by atoms with Gasteiger partial charge in [-0.1, -0.05) is 6.92 Å². The highest BCUT2D eigenvalue weighted by Crippen LogP contribution is 2.33. The van der Waals surface area contributed by atoms with E-state index in [2.05, 4.69) is 33.4 Å². The number of pyridine rings is 1. The molecule has 1 fully saturated rings. The zero-order valence-electron chi connectivity index (χ0n) is 13.7. The molecule has 3 aromatic rings. The van der Waals surface area contributed by atoms with Gasteiger partial charge in [0, 0.05) is 37.4 Å². The third-order valence-electron chi connectivity index (χ3n) is 4.55. The van der Waals surface area contributed by atoms with E-state index < -0.39 is 0 Å². The average Bonchev–Trinajstić information content (AvgIpc) is 3.05. The minimum absolute atomic E-state index is 0.259. The van der Waals surface area contributed by atoms with Gasteiger partial charge in [-0.05, 0) is 36.8 Å². The van der Waals surface area contributed by atoms with Gasteiger partial charge in [-0.15, -0.1) is 0 Å². The highest BCUT2D eigenvalue weighted by molar-refractivity contribution is 5.94. The quantitative estimate of drug-likeness (QED) is 0.689. The second kappa shape index (κ2) is 6.13. The zero-order chi connectivity index (χ0) is 16.5. The molecule has 0 atom stereocenters. The van der Waals surface area contributed by atoms with Crippen LogP contribution in [0.4, 0.5) is 5.69 Å². The molecule has 0 saturated carbocycles. The smallest absolute Gasteiger partial charge is 0.183 e. The minimum Gasteiger partial charge on any atom is -0.508 e. The van der Waals surface area contributed by atoms with Crippen molar-refractivity contribution in [1.82, 2.24) is 20.5 Å². The maximum absolute atomic E-state index is 9.52. The summed E-state index contributed by atoms with van der Waals surface area (Å²) in [4.78, 5) is 7.13. The Morgan fingerprint density at radius 3 is 2.62 bits per heavy atom.